The summed E-state index contributed by atoms with van der Waals surface area (Å²) in [6.07, 6.45) is 2.25. The molecule has 2 fully saturated rings. The van der Waals surface area contributed by atoms with Crippen molar-refractivity contribution in [2.24, 2.45) is 11.8 Å². The van der Waals surface area contributed by atoms with E-state index in [1.807, 2.05) is 43.9 Å². The molecule has 186 valence electrons. The molecule has 2 aromatic rings. The number of piperidine rings is 1. The van der Waals surface area contributed by atoms with Crippen LogP contribution in [0.3, 0.4) is 0 Å². The first-order valence-corrected chi connectivity index (χ1v) is 12.6. The van der Waals surface area contributed by atoms with E-state index in [1.54, 1.807) is 6.92 Å². The van der Waals surface area contributed by atoms with Crippen molar-refractivity contribution < 1.29 is 19.1 Å². The van der Waals surface area contributed by atoms with Crippen LogP contribution in [0.1, 0.15) is 52.5 Å². The molecule has 2 aliphatic heterocycles. The molecule has 3 amide bonds. The summed E-state index contributed by atoms with van der Waals surface area (Å²) in [7, 11) is 0. The molecular formula is C29H36N2O4. The van der Waals surface area contributed by atoms with Crippen LogP contribution >= 0.6 is 0 Å². The van der Waals surface area contributed by atoms with Crippen LogP contribution in [0.2, 0.25) is 0 Å². The quantitative estimate of drug-likeness (QED) is 0.600. The van der Waals surface area contributed by atoms with Gasteiger partial charge in [0.2, 0.25) is 11.8 Å². The maximum Gasteiger partial charge on any atom is 0.417 e. The zero-order chi connectivity index (χ0) is 25.2. The van der Waals surface area contributed by atoms with E-state index in [0.29, 0.717) is 25.9 Å². The summed E-state index contributed by atoms with van der Waals surface area (Å²) in [6.45, 7) is 8.38. The van der Waals surface area contributed by atoms with Gasteiger partial charge in [0.1, 0.15) is 5.60 Å². The fourth-order valence-electron chi connectivity index (χ4n) is 5.33. The van der Waals surface area contributed by atoms with E-state index in [9.17, 15) is 14.4 Å². The third-order valence-corrected chi connectivity index (χ3v) is 7.12. The van der Waals surface area contributed by atoms with Crippen molar-refractivity contribution in [2.45, 2.75) is 65.0 Å². The normalized spacial score (nSPS) is 21.3. The van der Waals surface area contributed by atoms with Gasteiger partial charge in [-0.2, -0.15) is 0 Å². The van der Waals surface area contributed by atoms with Gasteiger partial charge in [0.25, 0.3) is 0 Å². The van der Waals surface area contributed by atoms with Crippen molar-refractivity contribution in [1.82, 2.24) is 9.80 Å². The monoisotopic (exact) mass is 476 g/mol. The van der Waals surface area contributed by atoms with Crippen LogP contribution in [0.15, 0.2) is 54.6 Å². The number of ether oxygens (including phenoxy) is 1. The molecule has 2 atom stereocenters. The number of carbonyl (C=O) groups is 3. The largest absolute Gasteiger partial charge is 0.443 e. The Balaban J connectivity index is 1.51. The molecule has 2 aliphatic rings. The maximum atomic E-state index is 13.5. The van der Waals surface area contributed by atoms with Crippen molar-refractivity contribution in [3.8, 4) is 11.1 Å². The Labute approximate surface area is 208 Å². The Morgan fingerprint density at radius 1 is 0.943 bits per heavy atom. The lowest BCUT2D eigenvalue weighted by Gasteiger charge is -2.33. The molecule has 4 rings (SSSR count). The first-order valence-electron chi connectivity index (χ1n) is 12.6. The van der Waals surface area contributed by atoms with Gasteiger partial charge in [-0.1, -0.05) is 54.6 Å². The first-order chi connectivity index (χ1) is 16.6. The topological polar surface area (TPSA) is 66.9 Å². The van der Waals surface area contributed by atoms with Crippen LogP contribution < -0.4 is 0 Å². The SMILES string of the molecule is CC(=O)N1CCC(C2C[C@@H](Cc3ccc(-c4ccccc4)cc3)N(C(=O)OC(C)(C)C)C2=O)CC1. The number of hydrogen-bond acceptors (Lipinski definition) is 4. The number of carbonyl (C=O) groups excluding carboxylic acids is 3. The number of hydrogen-bond donors (Lipinski definition) is 0. The standard InChI is InChI=1S/C29H36N2O4/c1-20(32)30-16-14-24(15-17-30)26-19-25(31(27(26)33)28(34)35-29(2,3)4)18-21-10-12-23(13-11-21)22-8-6-5-7-9-22/h5-13,24-26H,14-19H2,1-4H3/t25-,26?/m1/s1. The highest BCUT2D eigenvalue weighted by Crippen LogP contribution is 2.38. The van der Waals surface area contributed by atoms with Gasteiger partial charge in [-0.15, -0.1) is 0 Å². The summed E-state index contributed by atoms with van der Waals surface area (Å²) in [6, 6.07) is 18.3. The molecule has 0 N–H and O–H groups in total. The van der Waals surface area contributed by atoms with Crippen molar-refractivity contribution in [3.63, 3.8) is 0 Å². The molecule has 6 heteroatoms. The van der Waals surface area contributed by atoms with E-state index in [2.05, 4.69) is 36.4 Å². The summed E-state index contributed by atoms with van der Waals surface area (Å²) in [5.41, 5.74) is 2.70. The molecule has 2 heterocycles. The van der Waals surface area contributed by atoms with E-state index in [1.165, 1.54) is 4.90 Å². The molecule has 6 nitrogen and oxygen atoms in total. The third kappa shape index (κ3) is 5.92. The van der Waals surface area contributed by atoms with Gasteiger partial charge in [0, 0.05) is 32.0 Å². The fourth-order valence-corrected chi connectivity index (χ4v) is 5.33. The van der Waals surface area contributed by atoms with E-state index >= 15 is 0 Å². The number of amides is 3. The second kappa shape index (κ2) is 10.2. The predicted molar refractivity (Wildman–Crippen MR) is 136 cm³/mol. The van der Waals surface area contributed by atoms with Crippen molar-refractivity contribution >= 4 is 17.9 Å². The zero-order valence-electron chi connectivity index (χ0n) is 21.2. The average Bonchev–Trinajstić information content (AvgIpc) is 3.14. The Morgan fingerprint density at radius 3 is 2.11 bits per heavy atom. The van der Waals surface area contributed by atoms with Crippen LogP contribution in [-0.2, 0) is 20.7 Å². The van der Waals surface area contributed by atoms with Crippen molar-refractivity contribution in [1.29, 1.82) is 0 Å². The lowest BCUT2D eigenvalue weighted by atomic mass is 9.82. The molecule has 0 bridgehead atoms. The molecule has 0 spiro atoms. The van der Waals surface area contributed by atoms with Gasteiger partial charge in [-0.3, -0.25) is 9.59 Å². The zero-order valence-corrected chi connectivity index (χ0v) is 21.2. The number of imide groups is 1. The average molecular weight is 477 g/mol. The van der Waals surface area contributed by atoms with Gasteiger partial charge in [-0.25, -0.2) is 9.69 Å². The Bertz CT molecular complexity index is 1050. The first kappa shape index (κ1) is 25.0. The molecule has 2 saturated heterocycles. The minimum Gasteiger partial charge on any atom is -0.443 e. The summed E-state index contributed by atoms with van der Waals surface area (Å²) in [5.74, 6) is -0.0986. The van der Waals surface area contributed by atoms with E-state index in [4.69, 9.17) is 4.74 Å². The number of likely N-dealkylation sites (tertiary alicyclic amines) is 2. The lowest BCUT2D eigenvalue weighted by Crippen LogP contribution is -2.44. The predicted octanol–water partition coefficient (Wildman–Crippen LogP) is 5.31. The molecule has 0 aromatic heterocycles. The molecule has 0 aliphatic carbocycles. The minimum atomic E-state index is -0.676. The van der Waals surface area contributed by atoms with Crippen molar-refractivity contribution in [3.05, 3.63) is 60.2 Å². The fraction of sp³-hybridized carbons (Fsp3) is 0.483. The molecular weight excluding hydrogens is 440 g/mol. The number of rotatable bonds is 4. The highest BCUT2D eigenvalue weighted by atomic mass is 16.6. The van der Waals surface area contributed by atoms with Gasteiger partial charge < -0.3 is 9.64 Å². The molecule has 35 heavy (non-hydrogen) atoms. The molecule has 0 saturated carbocycles. The Morgan fingerprint density at radius 2 is 1.54 bits per heavy atom. The summed E-state index contributed by atoms with van der Waals surface area (Å²) in [4.78, 5) is 41.6. The van der Waals surface area contributed by atoms with Crippen LogP contribution in [0.25, 0.3) is 11.1 Å². The molecule has 2 aromatic carbocycles. The van der Waals surface area contributed by atoms with Crippen LogP contribution in [0.4, 0.5) is 4.79 Å². The van der Waals surface area contributed by atoms with E-state index in [-0.39, 0.29) is 29.7 Å². The lowest BCUT2D eigenvalue weighted by molar-refractivity contribution is -0.133. The Hall–Kier alpha value is -3.15. The van der Waals surface area contributed by atoms with Gasteiger partial charge in [0.15, 0.2) is 0 Å². The summed E-state index contributed by atoms with van der Waals surface area (Å²) in [5, 5.41) is 0. The van der Waals surface area contributed by atoms with Gasteiger partial charge in [-0.05, 0) is 69.1 Å². The summed E-state index contributed by atoms with van der Waals surface area (Å²) < 4.78 is 5.63. The van der Waals surface area contributed by atoms with Crippen molar-refractivity contribution in [2.75, 3.05) is 13.1 Å². The van der Waals surface area contributed by atoms with E-state index < -0.39 is 11.7 Å². The molecule has 0 radical (unpaired) electrons. The van der Waals surface area contributed by atoms with Crippen LogP contribution in [0, 0.1) is 11.8 Å². The number of benzene rings is 2. The van der Waals surface area contributed by atoms with Crippen LogP contribution in [0.5, 0.6) is 0 Å². The smallest absolute Gasteiger partial charge is 0.417 e. The van der Waals surface area contributed by atoms with Crippen LogP contribution in [-0.4, -0.2) is 52.4 Å². The maximum absolute atomic E-state index is 13.5. The van der Waals surface area contributed by atoms with Gasteiger partial charge >= 0.3 is 6.09 Å². The highest BCUT2D eigenvalue weighted by molar-refractivity contribution is 5.96. The second-order valence-corrected chi connectivity index (χ2v) is 10.8. The number of nitrogens with zero attached hydrogens (tertiary/aromatic N) is 2. The minimum absolute atomic E-state index is 0.0772. The Kier molecular flexibility index (Phi) is 7.29. The molecule has 1 unspecified atom stereocenters. The van der Waals surface area contributed by atoms with E-state index in [0.717, 1.165) is 29.5 Å². The third-order valence-electron chi connectivity index (χ3n) is 7.12. The summed E-state index contributed by atoms with van der Waals surface area (Å²) >= 11 is 0. The second-order valence-electron chi connectivity index (χ2n) is 10.8. The van der Waals surface area contributed by atoms with Gasteiger partial charge in [0.05, 0.1) is 0 Å². The highest BCUT2D eigenvalue weighted by Gasteiger charge is 2.48.